The Balaban J connectivity index is 0. The minimum atomic E-state index is -0.833. The van der Waals surface area contributed by atoms with Crippen LogP contribution in [0, 0.1) is 41.7 Å². The predicted molar refractivity (Wildman–Crippen MR) is 13.3 cm³/mol. The van der Waals surface area contributed by atoms with Crippen LogP contribution in [0.2, 0.25) is 0 Å². The van der Waals surface area contributed by atoms with Crippen LogP contribution in [-0.4, -0.2) is 11.1 Å². The van der Waals surface area contributed by atoms with Crippen molar-refractivity contribution in [1.29, 1.82) is 0 Å². The molecule has 0 bridgehead atoms. The predicted octanol–water partition coefficient (Wildman–Crippen LogP) is 0.0909. The van der Waals surface area contributed by atoms with Crippen molar-refractivity contribution in [3.8, 4) is 0 Å². The van der Waals surface area contributed by atoms with Crippen molar-refractivity contribution < 1.29 is 51.6 Å². The monoisotopic (exact) mass is 200 g/mol. The van der Waals surface area contributed by atoms with E-state index in [0.717, 1.165) is 6.92 Å². The van der Waals surface area contributed by atoms with Crippen molar-refractivity contribution >= 4 is 5.97 Å². The molecule has 0 aromatic heterocycles. The third-order valence-electron chi connectivity index (χ3n) is 0. The molecular formula is C2H4CeO2+3. The van der Waals surface area contributed by atoms with Gasteiger partial charge < -0.3 is 5.11 Å². The zero-order valence-corrected chi connectivity index (χ0v) is 6.00. The van der Waals surface area contributed by atoms with E-state index in [0.29, 0.717) is 0 Å². The van der Waals surface area contributed by atoms with Gasteiger partial charge in [0, 0.05) is 6.92 Å². The summed E-state index contributed by atoms with van der Waals surface area (Å²) < 4.78 is 0. The standard InChI is InChI=1S/C2H4O2.Ce/c1-2(3)4;/h1H3,(H,3,4);/q;+3. The maximum atomic E-state index is 9.00. The first-order chi connectivity index (χ1) is 1.73. The molecule has 2 nitrogen and oxygen atoms in total. The van der Waals surface area contributed by atoms with Crippen molar-refractivity contribution in [2.45, 2.75) is 6.92 Å². The first-order valence-corrected chi connectivity index (χ1v) is 0.928. The van der Waals surface area contributed by atoms with E-state index in [4.69, 9.17) is 9.90 Å². The van der Waals surface area contributed by atoms with E-state index in [-0.39, 0.29) is 41.7 Å². The van der Waals surface area contributed by atoms with Crippen molar-refractivity contribution in [3.63, 3.8) is 0 Å². The molecule has 0 unspecified atom stereocenters. The number of carbonyl (C=O) groups is 1. The Morgan fingerprint density at radius 3 is 1.80 bits per heavy atom. The number of carboxylic acids is 1. The van der Waals surface area contributed by atoms with Crippen LogP contribution >= 0.6 is 0 Å². The van der Waals surface area contributed by atoms with E-state index in [1.165, 1.54) is 0 Å². The van der Waals surface area contributed by atoms with Gasteiger partial charge in [-0.15, -0.1) is 0 Å². The summed E-state index contributed by atoms with van der Waals surface area (Å²) in [6, 6.07) is 0. The van der Waals surface area contributed by atoms with Crippen LogP contribution in [0.1, 0.15) is 6.92 Å². The van der Waals surface area contributed by atoms with Crippen LogP contribution in [0.15, 0.2) is 0 Å². The van der Waals surface area contributed by atoms with Crippen molar-refractivity contribution in [2.75, 3.05) is 0 Å². The zero-order chi connectivity index (χ0) is 3.58. The van der Waals surface area contributed by atoms with E-state index < -0.39 is 5.97 Å². The van der Waals surface area contributed by atoms with Gasteiger partial charge in [0.1, 0.15) is 0 Å². The summed E-state index contributed by atoms with van der Waals surface area (Å²) in [5.74, 6) is -0.833. The number of aliphatic carboxylic acids is 1. The van der Waals surface area contributed by atoms with Crippen LogP contribution in [0.4, 0.5) is 0 Å². The first-order valence-electron chi connectivity index (χ1n) is 0.928. The molecule has 0 fully saturated rings. The molecule has 1 radical (unpaired) electrons. The smallest absolute Gasteiger partial charge is 0.481 e. The van der Waals surface area contributed by atoms with Gasteiger partial charge >= 0.3 is 41.7 Å². The fourth-order valence-electron chi connectivity index (χ4n) is 0. The summed E-state index contributed by atoms with van der Waals surface area (Å²) in [5.41, 5.74) is 0. The Morgan fingerprint density at radius 2 is 1.80 bits per heavy atom. The SMILES string of the molecule is CC(=O)O.[Ce+3]. The first kappa shape index (κ1) is 9.28. The van der Waals surface area contributed by atoms with Crippen LogP contribution in [-0.2, 0) is 4.79 Å². The molecule has 0 aromatic rings. The summed E-state index contributed by atoms with van der Waals surface area (Å²) in [6.07, 6.45) is 0. The molecule has 25 valence electrons. The zero-order valence-electron chi connectivity index (χ0n) is 2.86. The molecule has 0 saturated carbocycles. The quantitative estimate of drug-likeness (QED) is 0.601. The van der Waals surface area contributed by atoms with Crippen LogP contribution in [0.5, 0.6) is 0 Å². The summed E-state index contributed by atoms with van der Waals surface area (Å²) in [7, 11) is 0. The second-order valence-corrected chi connectivity index (χ2v) is 0.519. The van der Waals surface area contributed by atoms with Crippen molar-refractivity contribution in [3.05, 3.63) is 0 Å². The second-order valence-electron chi connectivity index (χ2n) is 0.519. The van der Waals surface area contributed by atoms with Gasteiger partial charge in [-0.3, -0.25) is 4.79 Å². The molecular weight excluding hydrogens is 196 g/mol. The molecule has 0 amide bonds. The molecule has 0 aromatic carbocycles. The van der Waals surface area contributed by atoms with Gasteiger partial charge in [-0.1, -0.05) is 0 Å². The molecule has 0 aliphatic heterocycles. The number of carboxylic acid groups (broad SMARTS) is 1. The second kappa shape index (κ2) is 4.85. The molecule has 0 aliphatic rings. The average molecular weight is 200 g/mol. The largest absolute Gasteiger partial charge is 3.00 e. The fourth-order valence-corrected chi connectivity index (χ4v) is 0. The molecule has 0 atom stereocenters. The average Bonchev–Trinajstić information content (AvgIpc) is 0.811. The topological polar surface area (TPSA) is 37.3 Å². The molecule has 0 saturated heterocycles. The molecule has 0 heterocycles. The maximum Gasteiger partial charge on any atom is 3.00 e. The van der Waals surface area contributed by atoms with Gasteiger partial charge in [-0.25, -0.2) is 0 Å². The van der Waals surface area contributed by atoms with Gasteiger partial charge in [0.05, 0.1) is 0 Å². The van der Waals surface area contributed by atoms with Crippen LogP contribution in [0.25, 0.3) is 0 Å². The Kier molecular flexibility index (Phi) is 9.00. The fraction of sp³-hybridized carbons (Fsp3) is 0.500. The minimum Gasteiger partial charge on any atom is -0.481 e. The third kappa shape index (κ3) is 54.8. The van der Waals surface area contributed by atoms with Gasteiger partial charge in [0.25, 0.3) is 5.97 Å². The van der Waals surface area contributed by atoms with Gasteiger partial charge in [0.2, 0.25) is 0 Å². The third-order valence-corrected chi connectivity index (χ3v) is 0. The van der Waals surface area contributed by atoms with E-state index in [9.17, 15) is 0 Å². The molecule has 1 N–H and O–H groups in total. The molecule has 5 heavy (non-hydrogen) atoms. The van der Waals surface area contributed by atoms with E-state index in [1.807, 2.05) is 0 Å². The van der Waals surface area contributed by atoms with E-state index in [2.05, 4.69) is 0 Å². The number of hydrogen-bond donors (Lipinski definition) is 1. The minimum absolute atomic E-state index is 0. The Bertz CT molecular complexity index is 30.6. The molecule has 0 rings (SSSR count). The van der Waals surface area contributed by atoms with Crippen LogP contribution in [0.3, 0.4) is 0 Å². The normalized spacial score (nSPS) is 5.00. The number of rotatable bonds is 0. The van der Waals surface area contributed by atoms with Gasteiger partial charge in [0.15, 0.2) is 0 Å². The number of hydrogen-bond acceptors (Lipinski definition) is 1. The Hall–Kier alpha value is 0.847. The maximum absolute atomic E-state index is 9.00. The summed E-state index contributed by atoms with van der Waals surface area (Å²) in [6.45, 7) is 1.08. The van der Waals surface area contributed by atoms with E-state index in [1.54, 1.807) is 0 Å². The summed E-state index contributed by atoms with van der Waals surface area (Å²) in [5, 5.41) is 7.42. The Labute approximate surface area is 63.9 Å². The molecule has 0 spiro atoms. The Morgan fingerprint density at radius 1 is 1.80 bits per heavy atom. The van der Waals surface area contributed by atoms with Crippen molar-refractivity contribution in [1.82, 2.24) is 0 Å². The summed E-state index contributed by atoms with van der Waals surface area (Å²) >= 11 is 0. The van der Waals surface area contributed by atoms with E-state index >= 15 is 0 Å². The van der Waals surface area contributed by atoms with Gasteiger partial charge in [-0.2, -0.15) is 0 Å². The van der Waals surface area contributed by atoms with Gasteiger partial charge in [-0.05, 0) is 0 Å². The van der Waals surface area contributed by atoms with Crippen LogP contribution < -0.4 is 0 Å². The van der Waals surface area contributed by atoms with Crippen molar-refractivity contribution in [2.24, 2.45) is 0 Å². The molecule has 3 heteroatoms. The summed E-state index contributed by atoms with van der Waals surface area (Å²) in [4.78, 5) is 9.00. The molecule has 0 aliphatic carbocycles.